The van der Waals surface area contributed by atoms with Crippen LogP contribution in [-0.2, 0) is 26.4 Å². The van der Waals surface area contributed by atoms with Crippen LogP contribution in [0.3, 0.4) is 0 Å². The summed E-state index contributed by atoms with van der Waals surface area (Å²) in [5.41, 5.74) is 8.62. The second-order valence-electron chi connectivity index (χ2n) is 5.75. The van der Waals surface area contributed by atoms with Crippen LogP contribution in [0.5, 0.6) is 0 Å². The lowest BCUT2D eigenvalue weighted by Crippen LogP contribution is -2.18. The van der Waals surface area contributed by atoms with Gasteiger partial charge in [0.2, 0.25) is 0 Å². The van der Waals surface area contributed by atoms with Crippen LogP contribution in [0.2, 0.25) is 0 Å². The predicted molar refractivity (Wildman–Crippen MR) is 86.2 cm³/mol. The molecule has 0 fully saturated rings. The molecule has 3 aromatic rings. The summed E-state index contributed by atoms with van der Waals surface area (Å²) < 4.78 is 4.40. The Morgan fingerprint density at radius 1 is 1.24 bits per heavy atom. The first-order valence-electron chi connectivity index (χ1n) is 7.43. The van der Waals surface area contributed by atoms with Gasteiger partial charge in [-0.25, -0.2) is 4.98 Å². The van der Waals surface area contributed by atoms with Crippen molar-refractivity contribution >= 4 is 10.9 Å². The van der Waals surface area contributed by atoms with Gasteiger partial charge in [0.05, 0.1) is 5.52 Å². The van der Waals surface area contributed by atoms with Crippen molar-refractivity contribution in [1.82, 2.24) is 14.1 Å². The van der Waals surface area contributed by atoms with Gasteiger partial charge in [-0.15, -0.1) is 0 Å². The van der Waals surface area contributed by atoms with Crippen molar-refractivity contribution in [3.8, 4) is 0 Å². The number of hydrogen-bond donors (Lipinski definition) is 1. The molecular formula is C17H22N4. The van der Waals surface area contributed by atoms with Gasteiger partial charge in [0.1, 0.15) is 5.82 Å². The maximum Gasteiger partial charge on any atom is 0.110 e. The molecule has 2 N–H and O–H groups in total. The third-order valence-electron chi connectivity index (χ3n) is 3.91. The second-order valence-corrected chi connectivity index (χ2v) is 5.75. The third kappa shape index (κ3) is 2.85. The lowest BCUT2D eigenvalue weighted by atomic mass is 10.0. The Hall–Kier alpha value is -2.07. The van der Waals surface area contributed by atoms with Crippen LogP contribution in [0, 0.1) is 0 Å². The van der Waals surface area contributed by atoms with Crippen molar-refractivity contribution in [2.75, 3.05) is 0 Å². The van der Waals surface area contributed by atoms with Crippen molar-refractivity contribution < 1.29 is 0 Å². The minimum Gasteiger partial charge on any atom is -0.347 e. The van der Waals surface area contributed by atoms with E-state index in [2.05, 4.69) is 51.5 Å². The molecule has 2 aromatic heterocycles. The molecule has 0 radical (unpaired) electrons. The van der Waals surface area contributed by atoms with Gasteiger partial charge in [-0.05, 0) is 30.4 Å². The molecular weight excluding hydrogens is 260 g/mol. The average molecular weight is 282 g/mol. The molecule has 1 atom stereocenters. The summed E-state index contributed by atoms with van der Waals surface area (Å²) in [5.74, 6) is 1.11. The highest BCUT2D eigenvalue weighted by Gasteiger charge is 2.09. The molecule has 0 aliphatic heterocycles. The van der Waals surface area contributed by atoms with Gasteiger partial charge < -0.3 is 14.9 Å². The summed E-state index contributed by atoms with van der Waals surface area (Å²) in [4.78, 5) is 4.40. The SMILES string of the molecule is CC(N)Cc1cccc2ccn(CCc3nccn3C)c12. The van der Waals surface area contributed by atoms with Crippen LogP contribution < -0.4 is 5.73 Å². The zero-order chi connectivity index (χ0) is 14.8. The van der Waals surface area contributed by atoms with Crippen LogP contribution in [-0.4, -0.2) is 20.2 Å². The number of fused-ring (bicyclic) bond motifs is 1. The molecule has 3 rings (SSSR count). The van der Waals surface area contributed by atoms with Crippen molar-refractivity contribution in [2.45, 2.75) is 32.4 Å². The first-order valence-corrected chi connectivity index (χ1v) is 7.43. The number of nitrogens with two attached hydrogens (primary N) is 1. The van der Waals surface area contributed by atoms with Gasteiger partial charge >= 0.3 is 0 Å². The van der Waals surface area contributed by atoms with Crippen LogP contribution in [0.4, 0.5) is 0 Å². The molecule has 2 heterocycles. The lowest BCUT2D eigenvalue weighted by molar-refractivity contribution is 0.663. The smallest absolute Gasteiger partial charge is 0.110 e. The summed E-state index contributed by atoms with van der Waals surface area (Å²) in [6, 6.07) is 8.82. The third-order valence-corrected chi connectivity index (χ3v) is 3.91. The van der Waals surface area contributed by atoms with Gasteiger partial charge in [-0.1, -0.05) is 18.2 Å². The van der Waals surface area contributed by atoms with E-state index in [1.165, 1.54) is 16.5 Å². The summed E-state index contributed by atoms with van der Waals surface area (Å²) in [6.07, 6.45) is 7.84. The number of para-hydroxylation sites is 1. The molecule has 1 unspecified atom stereocenters. The maximum atomic E-state index is 5.98. The van der Waals surface area contributed by atoms with E-state index in [9.17, 15) is 0 Å². The Kier molecular flexibility index (Phi) is 3.80. The summed E-state index contributed by atoms with van der Waals surface area (Å²) in [6.45, 7) is 2.99. The van der Waals surface area contributed by atoms with E-state index in [0.29, 0.717) is 0 Å². The summed E-state index contributed by atoms with van der Waals surface area (Å²) in [5, 5.41) is 1.29. The second kappa shape index (κ2) is 5.74. The Morgan fingerprint density at radius 2 is 2.10 bits per heavy atom. The van der Waals surface area contributed by atoms with Crippen molar-refractivity contribution in [3.63, 3.8) is 0 Å². The number of imidazole rings is 1. The van der Waals surface area contributed by atoms with Gasteiger partial charge in [-0.2, -0.15) is 0 Å². The van der Waals surface area contributed by atoms with Crippen molar-refractivity contribution in [3.05, 3.63) is 54.2 Å². The van der Waals surface area contributed by atoms with Crippen LogP contribution >= 0.6 is 0 Å². The average Bonchev–Trinajstić information content (AvgIpc) is 3.03. The molecule has 110 valence electrons. The number of nitrogens with zero attached hydrogens (tertiary/aromatic N) is 3. The molecule has 0 amide bonds. The highest BCUT2D eigenvalue weighted by atomic mass is 15.0. The molecule has 0 saturated heterocycles. The molecule has 4 heteroatoms. The fourth-order valence-corrected chi connectivity index (χ4v) is 2.90. The van der Waals surface area contributed by atoms with Crippen LogP contribution in [0.15, 0.2) is 42.9 Å². The van der Waals surface area contributed by atoms with Crippen LogP contribution in [0.1, 0.15) is 18.3 Å². The fourth-order valence-electron chi connectivity index (χ4n) is 2.90. The highest BCUT2D eigenvalue weighted by Crippen LogP contribution is 2.22. The minimum atomic E-state index is 0.175. The summed E-state index contributed by atoms with van der Waals surface area (Å²) >= 11 is 0. The van der Waals surface area contributed by atoms with Gasteiger partial charge in [-0.3, -0.25) is 0 Å². The van der Waals surface area contributed by atoms with Gasteiger partial charge in [0, 0.05) is 44.6 Å². The van der Waals surface area contributed by atoms with Crippen molar-refractivity contribution in [1.29, 1.82) is 0 Å². The monoisotopic (exact) mass is 282 g/mol. The zero-order valence-electron chi connectivity index (χ0n) is 12.7. The Bertz CT molecular complexity index is 736. The minimum absolute atomic E-state index is 0.175. The molecule has 0 saturated carbocycles. The van der Waals surface area contributed by atoms with E-state index in [1.807, 2.05) is 19.4 Å². The number of aromatic nitrogens is 3. The number of hydrogen-bond acceptors (Lipinski definition) is 2. The van der Waals surface area contributed by atoms with Crippen molar-refractivity contribution in [2.24, 2.45) is 12.8 Å². The molecule has 21 heavy (non-hydrogen) atoms. The summed E-state index contributed by atoms with van der Waals surface area (Å²) in [7, 11) is 2.04. The standard InChI is InChI=1S/C17H22N4/c1-13(18)12-15-5-3-4-14-6-9-21(17(14)15)10-7-16-19-8-11-20(16)2/h3-6,8-9,11,13H,7,10,12,18H2,1-2H3. The van der Waals surface area contributed by atoms with E-state index in [-0.39, 0.29) is 6.04 Å². The number of aryl methyl sites for hydroxylation is 3. The lowest BCUT2D eigenvalue weighted by Gasteiger charge is -2.11. The number of rotatable bonds is 5. The van der Waals surface area contributed by atoms with E-state index < -0.39 is 0 Å². The maximum absolute atomic E-state index is 5.98. The quantitative estimate of drug-likeness (QED) is 0.781. The number of benzene rings is 1. The largest absolute Gasteiger partial charge is 0.347 e. The molecule has 1 aromatic carbocycles. The Labute approximate surface area is 125 Å². The Morgan fingerprint density at radius 3 is 2.81 bits per heavy atom. The first-order chi connectivity index (χ1) is 10.1. The van der Waals surface area contributed by atoms with E-state index in [4.69, 9.17) is 5.73 Å². The van der Waals surface area contributed by atoms with Gasteiger partial charge in [0.15, 0.2) is 0 Å². The molecule has 0 bridgehead atoms. The zero-order valence-corrected chi connectivity index (χ0v) is 12.7. The molecule has 0 spiro atoms. The first kappa shape index (κ1) is 13.9. The van der Waals surface area contributed by atoms with E-state index in [0.717, 1.165) is 25.2 Å². The van der Waals surface area contributed by atoms with E-state index in [1.54, 1.807) is 0 Å². The normalized spacial score (nSPS) is 12.9. The molecule has 0 aliphatic rings. The van der Waals surface area contributed by atoms with E-state index >= 15 is 0 Å². The topological polar surface area (TPSA) is 48.8 Å². The molecule has 0 aliphatic carbocycles. The van der Waals surface area contributed by atoms with Crippen LogP contribution in [0.25, 0.3) is 10.9 Å². The fraction of sp³-hybridized carbons (Fsp3) is 0.353. The van der Waals surface area contributed by atoms with Gasteiger partial charge in [0.25, 0.3) is 0 Å². The highest BCUT2D eigenvalue weighted by molar-refractivity contribution is 5.83. The predicted octanol–water partition coefficient (Wildman–Crippen LogP) is 2.51. The molecule has 4 nitrogen and oxygen atoms in total. The Balaban J connectivity index is 1.90.